The Labute approximate surface area is 215 Å². The number of anilines is 1. The quantitative estimate of drug-likeness (QED) is 0.396. The lowest BCUT2D eigenvalue weighted by Crippen LogP contribution is -2.41. The normalized spacial score (nSPS) is 12.1. The van der Waals surface area contributed by atoms with Crippen LogP contribution in [-0.2, 0) is 14.8 Å². The van der Waals surface area contributed by atoms with Gasteiger partial charge in [-0.3, -0.25) is 9.10 Å². The average molecular weight is 537 g/mol. The van der Waals surface area contributed by atoms with E-state index in [0.29, 0.717) is 17.1 Å². The van der Waals surface area contributed by atoms with Crippen molar-refractivity contribution in [1.29, 1.82) is 0 Å². The van der Waals surface area contributed by atoms with E-state index in [0.717, 1.165) is 9.87 Å². The van der Waals surface area contributed by atoms with E-state index in [9.17, 15) is 13.2 Å². The Balaban J connectivity index is 1.96. The monoisotopic (exact) mass is 536 g/mol. The molecule has 0 unspecified atom stereocenters. The molecular formula is C25H26Cl2N2O5S. The predicted octanol–water partition coefficient (Wildman–Crippen LogP) is 5.39. The van der Waals surface area contributed by atoms with Crippen molar-refractivity contribution in [3.8, 4) is 11.5 Å². The molecule has 3 aromatic rings. The van der Waals surface area contributed by atoms with E-state index in [4.69, 9.17) is 32.7 Å². The number of benzene rings is 3. The first-order valence-corrected chi connectivity index (χ1v) is 12.8. The number of amides is 1. The van der Waals surface area contributed by atoms with Gasteiger partial charge in [0, 0.05) is 10.6 Å². The Morgan fingerprint density at radius 3 is 2.31 bits per heavy atom. The first-order chi connectivity index (χ1) is 16.6. The molecule has 1 N–H and O–H groups in total. The molecule has 0 heterocycles. The minimum absolute atomic E-state index is 0.0226. The SMILES string of the molecule is COc1ccc(OC)c([C@@H](C)NC(=O)CN(c2cc(Cl)ccc2Cl)S(=O)(=O)c2ccc(C)cc2)c1. The molecule has 0 spiro atoms. The number of methoxy groups -OCH3 is 2. The molecule has 186 valence electrons. The third-order valence-corrected chi connectivity index (χ3v) is 7.68. The van der Waals surface area contributed by atoms with Crippen molar-refractivity contribution < 1.29 is 22.7 Å². The zero-order valence-electron chi connectivity index (χ0n) is 19.7. The number of sulfonamides is 1. The average Bonchev–Trinajstić information content (AvgIpc) is 2.83. The van der Waals surface area contributed by atoms with Gasteiger partial charge < -0.3 is 14.8 Å². The highest BCUT2D eigenvalue weighted by atomic mass is 35.5. The molecule has 0 aliphatic rings. The molecule has 0 saturated heterocycles. The zero-order valence-corrected chi connectivity index (χ0v) is 22.0. The van der Waals surface area contributed by atoms with Crippen molar-refractivity contribution in [3.63, 3.8) is 0 Å². The van der Waals surface area contributed by atoms with Gasteiger partial charge in [-0.1, -0.05) is 40.9 Å². The summed E-state index contributed by atoms with van der Waals surface area (Å²) < 4.78 is 38.8. The van der Waals surface area contributed by atoms with Crippen molar-refractivity contribution in [2.75, 3.05) is 25.1 Å². The highest BCUT2D eigenvalue weighted by molar-refractivity contribution is 7.92. The number of halogens is 2. The second-order valence-corrected chi connectivity index (χ2v) is 10.5. The summed E-state index contributed by atoms with van der Waals surface area (Å²) >= 11 is 12.5. The smallest absolute Gasteiger partial charge is 0.264 e. The lowest BCUT2D eigenvalue weighted by atomic mass is 10.1. The molecule has 35 heavy (non-hydrogen) atoms. The minimum Gasteiger partial charge on any atom is -0.497 e. The zero-order chi connectivity index (χ0) is 25.8. The van der Waals surface area contributed by atoms with Crippen molar-refractivity contribution in [2.24, 2.45) is 0 Å². The Morgan fingerprint density at radius 2 is 1.69 bits per heavy atom. The summed E-state index contributed by atoms with van der Waals surface area (Å²) in [4.78, 5) is 13.2. The van der Waals surface area contributed by atoms with Gasteiger partial charge in [0.05, 0.1) is 35.9 Å². The fourth-order valence-corrected chi connectivity index (χ4v) is 5.35. The third-order valence-electron chi connectivity index (χ3n) is 5.35. The summed E-state index contributed by atoms with van der Waals surface area (Å²) in [6.07, 6.45) is 0. The van der Waals surface area contributed by atoms with Gasteiger partial charge in [0.15, 0.2) is 0 Å². The number of rotatable bonds is 9. The molecular weight excluding hydrogens is 511 g/mol. The van der Waals surface area contributed by atoms with Crippen LogP contribution in [0.5, 0.6) is 11.5 Å². The van der Waals surface area contributed by atoms with E-state index in [1.165, 1.54) is 38.5 Å². The number of ether oxygens (including phenoxy) is 2. The summed E-state index contributed by atoms with van der Waals surface area (Å²) in [7, 11) is -1.08. The molecule has 0 saturated carbocycles. The predicted molar refractivity (Wildman–Crippen MR) is 138 cm³/mol. The first kappa shape index (κ1) is 26.7. The van der Waals surface area contributed by atoms with Crippen LogP contribution in [0.3, 0.4) is 0 Å². The standard InChI is InChI=1S/C25H26Cl2N2O5S/c1-16-5-9-20(10-6-16)35(31,32)29(23-13-18(26)7-11-22(23)27)15-25(30)28-17(2)21-14-19(33-3)8-12-24(21)34-4/h5-14,17H,15H2,1-4H3,(H,28,30)/t17-/m1/s1. The van der Waals surface area contributed by atoms with Crippen LogP contribution in [0, 0.1) is 6.92 Å². The number of hydrogen-bond acceptors (Lipinski definition) is 5. The van der Waals surface area contributed by atoms with Crippen LogP contribution >= 0.6 is 23.2 Å². The molecule has 3 rings (SSSR count). The maximum atomic E-state index is 13.6. The number of nitrogens with one attached hydrogen (secondary N) is 1. The van der Waals surface area contributed by atoms with Gasteiger partial charge in [0.25, 0.3) is 10.0 Å². The summed E-state index contributed by atoms with van der Waals surface area (Å²) in [5.41, 5.74) is 1.67. The third kappa shape index (κ3) is 6.20. The molecule has 0 radical (unpaired) electrons. The van der Waals surface area contributed by atoms with Gasteiger partial charge in [-0.15, -0.1) is 0 Å². The molecule has 0 aromatic heterocycles. The number of carbonyl (C=O) groups is 1. The molecule has 0 aliphatic carbocycles. The van der Waals surface area contributed by atoms with Gasteiger partial charge in [0.2, 0.25) is 5.91 Å². The molecule has 0 fully saturated rings. The minimum atomic E-state index is -4.14. The molecule has 0 bridgehead atoms. The van der Waals surface area contributed by atoms with Gasteiger partial charge in [-0.2, -0.15) is 0 Å². The topological polar surface area (TPSA) is 84.9 Å². The van der Waals surface area contributed by atoms with Crippen LogP contribution in [0.25, 0.3) is 0 Å². The Bertz CT molecular complexity index is 1310. The van der Waals surface area contributed by atoms with Crippen LogP contribution in [-0.4, -0.2) is 35.1 Å². The highest BCUT2D eigenvalue weighted by Crippen LogP contribution is 2.33. The Hall–Kier alpha value is -2.94. The first-order valence-electron chi connectivity index (χ1n) is 10.6. The van der Waals surface area contributed by atoms with Crippen molar-refractivity contribution in [1.82, 2.24) is 5.32 Å². The molecule has 7 nitrogen and oxygen atoms in total. The van der Waals surface area contributed by atoms with Gasteiger partial charge in [-0.25, -0.2) is 8.42 Å². The maximum Gasteiger partial charge on any atom is 0.264 e. The van der Waals surface area contributed by atoms with E-state index in [-0.39, 0.29) is 20.6 Å². The van der Waals surface area contributed by atoms with Gasteiger partial charge in [0.1, 0.15) is 18.0 Å². The Kier molecular flexibility index (Phi) is 8.53. The van der Waals surface area contributed by atoms with Crippen LogP contribution in [0.2, 0.25) is 10.0 Å². The summed E-state index contributed by atoms with van der Waals surface area (Å²) in [5, 5.41) is 3.25. The molecule has 0 aliphatic heterocycles. The highest BCUT2D eigenvalue weighted by Gasteiger charge is 2.29. The number of aryl methyl sites for hydroxylation is 1. The van der Waals surface area contributed by atoms with Crippen LogP contribution < -0.4 is 19.1 Å². The Morgan fingerprint density at radius 1 is 1.00 bits per heavy atom. The van der Waals surface area contributed by atoms with Crippen LogP contribution in [0.15, 0.2) is 65.6 Å². The molecule has 1 atom stereocenters. The second kappa shape index (κ2) is 11.2. The summed E-state index contributed by atoms with van der Waals surface area (Å²) in [5.74, 6) is 0.603. The molecule has 10 heteroatoms. The molecule has 1 amide bonds. The molecule has 3 aromatic carbocycles. The van der Waals surface area contributed by atoms with E-state index < -0.39 is 28.5 Å². The van der Waals surface area contributed by atoms with E-state index in [1.54, 1.807) is 43.3 Å². The van der Waals surface area contributed by atoms with Gasteiger partial charge >= 0.3 is 0 Å². The van der Waals surface area contributed by atoms with E-state index >= 15 is 0 Å². The van der Waals surface area contributed by atoms with E-state index in [2.05, 4.69) is 5.32 Å². The fraction of sp³-hybridized carbons (Fsp3) is 0.240. The van der Waals surface area contributed by atoms with Crippen molar-refractivity contribution in [3.05, 3.63) is 81.8 Å². The summed E-state index contributed by atoms with van der Waals surface area (Å²) in [6, 6.07) is 15.5. The maximum absolute atomic E-state index is 13.6. The fourth-order valence-electron chi connectivity index (χ4n) is 3.49. The van der Waals surface area contributed by atoms with E-state index in [1.807, 2.05) is 6.92 Å². The largest absolute Gasteiger partial charge is 0.497 e. The summed E-state index contributed by atoms with van der Waals surface area (Å²) in [6.45, 7) is 3.09. The lowest BCUT2D eigenvalue weighted by Gasteiger charge is -2.26. The number of hydrogen-bond donors (Lipinski definition) is 1. The number of nitrogens with zero attached hydrogens (tertiary/aromatic N) is 1. The van der Waals surface area contributed by atoms with Crippen LogP contribution in [0.4, 0.5) is 5.69 Å². The lowest BCUT2D eigenvalue weighted by molar-refractivity contribution is -0.120. The van der Waals surface area contributed by atoms with Crippen molar-refractivity contribution in [2.45, 2.75) is 24.8 Å². The van der Waals surface area contributed by atoms with Crippen LogP contribution in [0.1, 0.15) is 24.1 Å². The second-order valence-electron chi connectivity index (χ2n) is 7.82. The number of carbonyl (C=O) groups excluding carboxylic acids is 1. The van der Waals surface area contributed by atoms with Crippen molar-refractivity contribution >= 4 is 44.8 Å². The van der Waals surface area contributed by atoms with Gasteiger partial charge in [-0.05, 0) is 62.4 Å².